The standard InChI is InChI=1S/C40H41F4N7O5S/c1-24-15-34(31(41)20-33(24)51-38(57)50(37(55)39(51,2)3)28-19-30(40(42,43)44)32(21-45)46-22-28)56-14-13-48-9-11-49(12-10-48)23-29(52)18-26-6-4-5-25(16-26)17-27-7-8-35(53)47-36(27)54/h4-6,15-16,19-20,22,27H,7-14,17-18,23H2,1-3H3,(H,47,53,54). The van der Waals surface area contributed by atoms with Gasteiger partial charge in [0.2, 0.25) is 11.8 Å². The highest BCUT2D eigenvalue weighted by Gasteiger charge is 2.51. The molecule has 4 heterocycles. The predicted molar refractivity (Wildman–Crippen MR) is 205 cm³/mol. The second-order valence-electron chi connectivity index (χ2n) is 14.9. The highest BCUT2D eigenvalue weighted by Crippen LogP contribution is 2.41. The van der Waals surface area contributed by atoms with Crippen molar-refractivity contribution in [2.45, 2.75) is 58.2 Å². The largest absolute Gasteiger partial charge is 0.489 e. The first-order valence-electron chi connectivity index (χ1n) is 18.4. The van der Waals surface area contributed by atoms with Crippen LogP contribution in [0.4, 0.5) is 28.9 Å². The van der Waals surface area contributed by atoms with E-state index in [2.05, 4.69) is 20.1 Å². The molecule has 6 rings (SSSR count). The first-order chi connectivity index (χ1) is 27.0. The van der Waals surface area contributed by atoms with Crippen LogP contribution >= 0.6 is 12.2 Å². The maximum atomic E-state index is 15.6. The Bertz CT molecular complexity index is 2150. The number of hydrogen-bond donors (Lipinski definition) is 1. The minimum Gasteiger partial charge on any atom is -0.489 e. The van der Waals surface area contributed by atoms with Crippen LogP contribution in [-0.4, -0.2) is 94.8 Å². The zero-order valence-electron chi connectivity index (χ0n) is 31.6. The number of rotatable bonds is 12. The van der Waals surface area contributed by atoms with Crippen LogP contribution in [0, 0.1) is 30.0 Å². The Morgan fingerprint density at radius 2 is 1.77 bits per heavy atom. The van der Waals surface area contributed by atoms with Crippen molar-refractivity contribution in [2.75, 3.05) is 55.7 Å². The molecule has 3 aromatic rings. The Kier molecular flexibility index (Phi) is 12.1. The SMILES string of the molecule is Cc1cc(OCCN2CCN(CC(=O)Cc3cccc(CC4CCC(=O)NC4=O)c3)CC2)c(F)cc1N1C(=S)N(c2cnc(C#N)c(C(F)(F)F)c2)C(=O)C1(C)C. The van der Waals surface area contributed by atoms with Crippen LogP contribution in [0.25, 0.3) is 0 Å². The maximum absolute atomic E-state index is 15.6. The molecule has 1 unspecified atom stereocenters. The van der Waals surface area contributed by atoms with Gasteiger partial charge in [-0.3, -0.25) is 39.2 Å². The van der Waals surface area contributed by atoms with E-state index in [9.17, 15) is 32.3 Å². The lowest BCUT2D eigenvalue weighted by molar-refractivity contribution is -0.138. The fourth-order valence-corrected chi connectivity index (χ4v) is 7.89. The van der Waals surface area contributed by atoms with Crippen molar-refractivity contribution in [2.24, 2.45) is 5.92 Å². The number of piperazine rings is 1. The molecule has 0 spiro atoms. The molecule has 0 saturated carbocycles. The first kappa shape index (κ1) is 41.3. The fourth-order valence-electron chi connectivity index (χ4n) is 7.38. The number of piperidine rings is 1. The van der Waals surface area contributed by atoms with E-state index >= 15 is 4.39 Å². The van der Waals surface area contributed by atoms with Crippen LogP contribution < -0.4 is 19.9 Å². The van der Waals surface area contributed by atoms with Crippen LogP contribution in [0.15, 0.2) is 48.7 Å². The normalized spacial score (nSPS) is 19.2. The van der Waals surface area contributed by atoms with Crippen molar-refractivity contribution in [3.63, 3.8) is 0 Å². The number of nitriles is 1. The van der Waals surface area contributed by atoms with E-state index in [0.29, 0.717) is 70.2 Å². The molecule has 1 aromatic heterocycles. The molecular formula is C40H41F4N7O5S. The summed E-state index contributed by atoms with van der Waals surface area (Å²) in [5, 5.41) is 11.3. The number of anilines is 2. The van der Waals surface area contributed by atoms with Gasteiger partial charge >= 0.3 is 6.18 Å². The summed E-state index contributed by atoms with van der Waals surface area (Å²) in [5.41, 5.74) is -1.28. The summed E-state index contributed by atoms with van der Waals surface area (Å²) in [5.74, 6) is -2.08. The van der Waals surface area contributed by atoms with Crippen LogP contribution in [0.1, 0.15) is 54.6 Å². The lowest BCUT2D eigenvalue weighted by Gasteiger charge is -2.34. The topological polar surface area (TPSA) is 139 Å². The van der Waals surface area contributed by atoms with E-state index in [1.807, 2.05) is 24.3 Å². The summed E-state index contributed by atoms with van der Waals surface area (Å²) in [6.45, 7) is 8.41. The second kappa shape index (κ2) is 16.7. The number of aromatic nitrogens is 1. The van der Waals surface area contributed by atoms with Crippen LogP contribution in [-0.2, 0) is 38.2 Å². The van der Waals surface area contributed by atoms with Crippen molar-refractivity contribution in [1.82, 2.24) is 20.1 Å². The van der Waals surface area contributed by atoms with E-state index in [0.717, 1.165) is 22.2 Å². The molecule has 1 N–H and O–H groups in total. The Hall–Kier alpha value is -5.31. The summed E-state index contributed by atoms with van der Waals surface area (Å²) < 4.78 is 62.5. The maximum Gasteiger partial charge on any atom is 0.419 e. The first-order valence-corrected chi connectivity index (χ1v) is 18.8. The quantitative estimate of drug-likeness (QED) is 0.154. The molecule has 3 saturated heterocycles. The molecule has 3 aliphatic heterocycles. The molecule has 12 nitrogen and oxygen atoms in total. The Labute approximate surface area is 332 Å². The minimum atomic E-state index is -4.91. The molecule has 3 amide bonds. The number of ether oxygens (including phenoxy) is 1. The zero-order chi connectivity index (χ0) is 41.2. The monoisotopic (exact) mass is 807 g/mol. The van der Waals surface area contributed by atoms with Crippen LogP contribution in [0.5, 0.6) is 5.75 Å². The molecule has 1 atom stereocenters. The summed E-state index contributed by atoms with van der Waals surface area (Å²) in [6, 6.07) is 12.4. The van der Waals surface area contributed by atoms with Crippen molar-refractivity contribution < 1.29 is 41.5 Å². The van der Waals surface area contributed by atoms with E-state index in [-0.39, 0.29) is 58.8 Å². The molecule has 0 aliphatic carbocycles. The molecule has 0 radical (unpaired) electrons. The van der Waals surface area contributed by atoms with Gasteiger partial charge in [-0.15, -0.1) is 0 Å². The van der Waals surface area contributed by atoms with Gasteiger partial charge in [0, 0.05) is 57.5 Å². The van der Waals surface area contributed by atoms with Gasteiger partial charge in [-0.05, 0) is 74.7 Å². The summed E-state index contributed by atoms with van der Waals surface area (Å²) in [6.07, 6.45) is -2.31. The zero-order valence-corrected chi connectivity index (χ0v) is 32.4. The van der Waals surface area contributed by atoms with Gasteiger partial charge < -0.3 is 9.64 Å². The number of alkyl halides is 3. The van der Waals surface area contributed by atoms with Crippen molar-refractivity contribution in [3.8, 4) is 11.8 Å². The third-order valence-corrected chi connectivity index (χ3v) is 10.8. The Morgan fingerprint density at radius 1 is 1.07 bits per heavy atom. The predicted octanol–water partition coefficient (Wildman–Crippen LogP) is 4.74. The number of aryl methyl sites for hydroxylation is 1. The smallest absolute Gasteiger partial charge is 0.419 e. The van der Waals surface area contributed by atoms with Gasteiger partial charge in [0.1, 0.15) is 18.2 Å². The van der Waals surface area contributed by atoms with Crippen molar-refractivity contribution in [1.29, 1.82) is 5.26 Å². The van der Waals surface area contributed by atoms with Crippen LogP contribution in [0.2, 0.25) is 0 Å². The van der Waals surface area contributed by atoms with Gasteiger partial charge in [0.05, 0.1) is 29.7 Å². The lowest BCUT2D eigenvalue weighted by Crippen LogP contribution is -2.48. The summed E-state index contributed by atoms with van der Waals surface area (Å²) >= 11 is 5.58. The highest BCUT2D eigenvalue weighted by molar-refractivity contribution is 7.81. The number of imide groups is 1. The third kappa shape index (κ3) is 9.14. The summed E-state index contributed by atoms with van der Waals surface area (Å²) in [7, 11) is 0. The van der Waals surface area contributed by atoms with Gasteiger partial charge in [-0.25, -0.2) is 9.37 Å². The number of Topliss-reactive ketones (excluding diaryl/α,β-unsaturated/α-hetero) is 1. The number of pyridine rings is 1. The number of amides is 3. The number of benzene rings is 2. The van der Waals surface area contributed by atoms with E-state index in [1.54, 1.807) is 6.92 Å². The van der Waals surface area contributed by atoms with E-state index in [4.69, 9.17) is 22.2 Å². The molecule has 57 heavy (non-hydrogen) atoms. The molecule has 3 fully saturated rings. The molecule has 17 heteroatoms. The number of halogens is 4. The van der Waals surface area contributed by atoms with Crippen molar-refractivity contribution in [3.05, 3.63) is 82.4 Å². The average Bonchev–Trinajstić information content (AvgIpc) is 3.32. The number of carbonyl (C=O) groups excluding carboxylic acids is 4. The average molecular weight is 808 g/mol. The van der Waals surface area contributed by atoms with Crippen molar-refractivity contribution >= 4 is 52.2 Å². The van der Waals surface area contributed by atoms with Gasteiger partial charge in [-0.1, -0.05) is 24.3 Å². The van der Waals surface area contributed by atoms with Crippen LogP contribution in [0.3, 0.4) is 0 Å². The Morgan fingerprint density at radius 3 is 2.46 bits per heavy atom. The number of nitrogens with zero attached hydrogens (tertiary/aromatic N) is 6. The fraction of sp³-hybridized carbons (Fsp3) is 0.425. The molecular weight excluding hydrogens is 767 g/mol. The van der Waals surface area contributed by atoms with Gasteiger partial charge in [0.15, 0.2) is 28.2 Å². The van der Waals surface area contributed by atoms with Gasteiger partial charge in [-0.2, -0.15) is 18.4 Å². The summed E-state index contributed by atoms with van der Waals surface area (Å²) in [4.78, 5) is 60.3. The molecule has 3 aliphatic rings. The Balaban J connectivity index is 0.997. The molecule has 0 bridgehead atoms. The number of thiocarbonyl (C=S) groups is 1. The van der Waals surface area contributed by atoms with E-state index < -0.39 is 34.7 Å². The van der Waals surface area contributed by atoms with Gasteiger partial charge in [0.25, 0.3) is 5.91 Å². The molecule has 300 valence electrons. The number of ketones is 1. The molecule has 2 aromatic carbocycles. The second-order valence-corrected chi connectivity index (χ2v) is 15.3. The lowest BCUT2D eigenvalue weighted by atomic mass is 9.90. The minimum absolute atomic E-state index is 0.0149. The number of carbonyl (C=O) groups is 4. The number of hydrogen-bond acceptors (Lipinski definition) is 10. The third-order valence-electron chi connectivity index (χ3n) is 10.5. The highest BCUT2D eigenvalue weighted by atomic mass is 32.1. The van der Waals surface area contributed by atoms with E-state index in [1.165, 1.54) is 36.9 Å². The number of nitrogens with one attached hydrogen (secondary N) is 1.